The third-order valence-electron chi connectivity index (χ3n) is 5.98. The molecule has 1 N–H and O–H groups in total. The lowest BCUT2D eigenvalue weighted by Crippen LogP contribution is -2.38. The van der Waals surface area contributed by atoms with Crippen molar-refractivity contribution in [1.82, 2.24) is 5.32 Å². The van der Waals surface area contributed by atoms with Crippen molar-refractivity contribution in [3.05, 3.63) is 73.9 Å². The van der Waals surface area contributed by atoms with Gasteiger partial charge in [-0.1, -0.05) is 11.6 Å². The van der Waals surface area contributed by atoms with Crippen LogP contribution in [0.1, 0.15) is 42.2 Å². The number of nitro groups is 1. The van der Waals surface area contributed by atoms with E-state index in [4.69, 9.17) is 21.1 Å². The van der Waals surface area contributed by atoms with Gasteiger partial charge in [-0.2, -0.15) is 0 Å². The third-order valence-corrected chi connectivity index (χ3v) is 6.32. The molecule has 2 unspecified atom stereocenters. The number of rotatable bonds is 5. The number of Topliss-reactive ketones (excluding diaryl/α,β-unsaturated/α-hetero) is 1. The van der Waals surface area contributed by atoms with E-state index in [-0.39, 0.29) is 41.2 Å². The van der Waals surface area contributed by atoms with Crippen molar-refractivity contribution >= 4 is 29.0 Å². The van der Waals surface area contributed by atoms with Crippen molar-refractivity contribution in [3.63, 3.8) is 0 Å². The number of carbonyl (C=O) groups excluding carboxylic acids is 2. The third kappa shape index (κ3) is 3.93. The Hall–Kier alpha value is -3.39. The van der Waals surface area contributed by atoms with E-state index in [0.29, 0.717) is 34.8 Å². The van der Waals surface area contributed by atoms with Crippen LogP contribution in [0.5, 0.6) is 11.5 Å². The second-order valence-corrected chi connectivity index (χ2v) is 8.20. The van der Waals surface area contributed by atoms with Crippen molar-refractivity contribution in [1.29, 1.82) is 0 Å². The first kappa shape index (κ1) is 21.8. The number of hydrogen-bond acceptors (Lipinski definition) is 6. The summed E-state index contributed by atoms with van der Waals surface area (Å²) in [5.41, 5.74) is 2.08. The number of ketones is 1. The Morgan fingerprint density at radius 3 is 2.50 bits per heavy atom. The summed E-state index contributed by atoms with van der Waals surface area (Å²) in [5.74, 6) is 0.0313. The molecule has 0 saturated carbocycles. The quantitative estimate of drug-likeness (QED) is 0.531. The zero-order valence-electron chi connectivity index (χ0n) is 17.5. The number of hydrogen-bond donors (Lipinski definition) is 1. The minimum atomic E-state index is -0.633. The monoisotopic (exact) mass is 456 g/mol. The first-order valence-corrected chi connectivity index (χ1v) is 10.4. The Morgan fingerprint density at radius 1 is 1.03 bits per heavy atom. The number of nitrogens with one attached hydrogen (secondary N) is 1. The van der Waals surface area contributed by atoms with Gasteiger partial charge in [-0.3, -0.25) is 19.7 Å². The van der Waals surface area contributed by atoms with Gasteiger partial charge in [0.15, 0.2) is 5.78 Å². The molecule has 9 heteroatoms. The summed E-state index contributed by atoms with van der Waals surface area (Å²) in [5, 5.41) is 14.4. The van der Waals surface area contributed by atoms with E-state index in [0.717, 1.165) is 5.56 Å². The molecule has 8 nitrogen and oxygen atoms in total. The highest BCUT2D eigenvalue weighted by Gasteiger charge is 2.40. The fourth-order valence-electron chi connectivity index (χ4n) is 4.52. The van der Waals surface area contributed by atoms with E-state index in [1.54, 1.807) is 26.4 Å². The van der Waals surface area contributed by atoms with E-state index in [1.807, 2.05) is 6.07 Å². The highest BCUT2D eigenvalue weighted by atomic mass is 35.5. The van der Waals surface area contributed by atoms with Gasteiger partial charge in [0.25, 0.3) is 5.69 Å². The Kier molecular flexibility index (Phi) is 5.88. The molecule has 2 aliphatic rings. The fraction of sp³-hybridized carbons (Fsp3) is 0.304. The molecule has 1 heterocycles. The molecule has 0 saturated heterocycles. The van der Waals surface area contributed by atoms with Gasteiger partial charge in [-0.05, 0) is 36.2 Å². The Balaban J connectivity index is 1.77. The summed E-state index contributed by atoms with van der Waals surface area (Å²) < 4.78 is 10.8. The molecule has 0 radical (unpaired) electrons. The van der Waals surface area contributed by atoms with Crippen molar-refractivity contribution in [3.8, 4) is 11.5 Å². The van der Waals surface area contributed by atoms with Crippen LogP contribution in [0.2, 0.25) is 5.02 Å². The molecule has 0 fully saturated rings. The second-order valence-electron chi connectivity index (χ2n) is 7.80. The molecule has 1 aliphatic carbocycles. The number of ether oxygens (including phenoxy) is 2. The van der Waals surface area contributed by atoms with Gasteiger partial charge in [0, 0.05) is 58.7 Å². The van der Waals surface area contributed by atoms with E-state index in [9.17, 15) is 19.7 Å². The average Bonchev–Trinajstić information content (AvgIpc) is 2.77. The molecule has 2 aromatic carbocycles. The van der Waals surface area contributed by atoms with Crippen molar-refractivity contribution in [2.75, 3.05) is 14.2 Å². The van der Waals surface area contributed by atoms with Crippen LogP contribution >= 0.6 is 11.6 Å². The number of nitro benzene ring substituents is 1. The number of halogens is 1. The fourth-order valence-corrected chi connectivity index (χ4v) is 4.77. The van der Waals surface area contributed by atoms with E-state index in [2.05, 4.69) is 5.32 Å². The maximum Gasteiger partial charge on any atom is 0.269 e. The zero-order chi connectivity index (χ0) is 23.0. The van der Waals surface area contributed by atoms with Crippen molar-refractivity contribution < 1.29 is 24.0 Å². The van der Waals surface area contributed by atoms with Crippen LogP contribution in [-0.2, 0) is 9.59 Å². The van der Waals surface area contributed by atoms with Crippen LogP contribution in [0.15, 0.2) is 47.7 Å². The zero-order valence-corrected chi connectivity index (χ0v) is 18.3. The van der Waals surface area contributed by atoms with Crippen molar-refractivity contribution in [2.45, 2.75) is 31.1 Å². The standard InChI is InChI=1S/C23H21ClN2O6/c1-31-14-4-6-21(32-2)15(10-14)12-7-19-23(20(27)8-12)17(11-22(28)25-19)16-9-13(26(29)30)3-5-18(16)24/h3-6,9-10,12,17H,7-8,11H2,1-2H3,(H,25,28). The summed E-state index contributed by atoms with van der Waals surface area (Å²) >= 11 is 6.34. The molecule has 0 bridgehead atoms. The van der Waals surface area contributed by atoms with Crippen LogP contribution in [0.4, 0.5) is 5.69 Å². The minimum absolute atomic E-state index is 0.00138. The van der Waals surface area contributed by atoms with Gasteiger partial charge >= 0.3 is 0 Å². The summed E-state index contributed by atoms with van der Waals surface area (Å²) in [7, 11) is 3.12. The second kappa shape index (κ2) is 8.63. The minimum Gasteiger partial charge on any atom is -0.497 e. The molecular weight excluding hydrogens is 436 g/mol. The Labute approximate surface area is 189 Å². The number of methoxy groups -OCH3 is 2. The maximum absolute atomic E-state index is 13.3. The predicted molar refractivity (Wildman–Crippen MR) is 117 cm³/mol. The molecule has 4 rings (SSSR count). The number of benzene rings is 2. The van der Waals surface area contributed by atoms with Crippen LogP contribution in [-0.4, -0.2) is 30.8 Å². The van der Waals surface area contributed by atoms with Gasteiger partial charge < -0.3 is 14.8 Å². The Bertz CT molecular complexity index is 1160. The number of amides is 1. The molecule has 32 heavy (non-hydrogen) atoms. The van der Waals surface area contributed by atoms with Crippen LogP contribution in [0.3, 0.4) is 0 Å². The lowest BCUT2D eigenvalue weighted by Gasteiger charge is -2.35. The topological polar surface area (TPSA) is 108 Å². The molecule has 2 atom stereocenters. The molecule has 166 valence electrons. The maximum atomic E-state index is 13.3. The van der Waals surface area contributed by atoms with Crippen LogP contribution < -0.4 is 14.8 Å². The molecule has 1 aliphatic heterocycles. The SMILES string of the molecule is COc1ccc(OC)c(C2CC(=O)C3=C(C2)NC(=O)CC3c2cc([N+](=O)[O-])ccc2Cl)c1. The molecule has 1 amide bonds. The van der Waals surface area contributed by atoms with Gasteiger partial charge in [0.1, 0.15) is 11.5 Å². The van der Waals surface area contributed by atoms with E-state index < -0.39 is 10.8 Å². The molecule has 0 spiro atoms. The van der Waals surface area contributed by atoms with E-state index in [1.165, 1.54) is 18.2 Å². The number of carbonyl (C=O) groups is 2. The highest BCUT2D eigenvalue weighted by Crippen LogP contribution is 2.46. The molecular formula is C23H21ClN2O6. The number of nitrogens with zero attached hydrogens (tertiary/aromatic N) is 1. The summed E-state index contributed by atoms with van der Waals surface area (Å²) in [4.78, 5) is 36.6. The summed E-state index contributed by atoms with van der Waals surface area (Å²) in [6, 6.07) is 9.48. The summed E-state index contributed by atoms with van der Waals surface area (Å²) in [6.07, 6.45) is 0.624. The van der Waals surface area contributed by atoms with Gasteiger partial charge in [0.2, 0.25) is 5.91 Å². The molecule has 2 aromatic rings. The van der Waals surface area contributed by atoms with Gasteiger partial charge in [-0.15, -0.1) is 0 Å². The predicted octanol–water partition coefficient (Wildman–Crippen LogP) is 4.27. The van der Waals surface area contributed by atoms with Crippen LogP contribution in [0.25, 0.3) is 0 Å². The normalized spacial score (nSPS) is 20.5. The average molecular weight is 457 g/mol. The van der Waals surface area contributed by atoms with Crippen molar-refractivity contribution in [2.24, 2.45) is 0 Å². The lowest BCUT2D eigenvalue weighted by molar-refractivity contribution is -0.384. The number of non-ortho nitro benzene ring substituents is 1. The lowest BCUT2D eigenvalue weighted by atomic mass is 9.73. The summed E-state index contributed by atoms with van der Waals surface area (Å²) in [6.45, 7) is 0. The molecule has 0 aromatic heterocycles. The van der Waals surface area contributed by atoms with Gasteiger partial charge in [-0.25, -0.2) is 0 Å². The highest BCUT2D eigenvalue weighted by molar-refractivity contribution is 6.31. The smallest absolute Gasteiger partial charge is 0.269 e. The first-order valence-electron chi connectivity index (χ1n) is 10.0. The Morgan fingerprint density at radius 2 is 1.81 bits per heavy atom. The number of allylic oxidation sites excluding steroid dienone is 2. The largest absolute Gasteiger partial charge is 0.497 e. The van der Waals surface area contributed by atoms with Crippen LogP contribution in [0, 0.1) is 10.1 Å². The first-order chi connectivity index (χ1) is 15.3. The van der Waals surface area contributed by atoms with E-state index >= 15 is 0 Å². The van der Waals surface area contributed by atoms with Gasteiger partial charge in [0.05, 0.1) is 19.1 Å².